The van der Waals surface area contributed by atoms with Gasteiger partial charge in [-0.25, -0.2) is 0 Å². The van der Waals surface area contributed by atoms with Crippen LogP contribution >= 0.6 is 0 Å². The molecule has 36 heavy (non-hydrogen) atoms. The molecule has 1 aliphatic carbocycles. The van der Waals surface area contributed by atoms with E-state index in [0.29, 0.717) is 40.3 Å². The Balaban J connectivity index is 1.57. The maximum Gasteiger partial charge on any atom is 0.259 e. The molecule has 8 heteroatoms. The summed E-state index contributed by atoms with van der Waals surface area (Å²) in [5.74, 6) is 0.599. The molecule has 2 aliphatic heterocycles. The maximum atomic E-state index is 13.0. The molecule has 1 N–H and O–H groups in total. The van der Waals surface area contributed by atoms with E-state index in [1.807, 2.05) is 59.3 Å². The topological polar surface area (TPSA) is 94.3 Å². The van der Waals surface area contributed by atoms with Crippen LogP contribution in [0, 0.1) is 0 Å². The van der Waals surface area contributed by atoms with Gasteiger partial charge in [-0.05, 0) is 18.2 Å². The molecule has 176 valence electrons. The Hall–Kier alpha value is -4.98. The van der Waals surface area contributed by atoms with Crippen LogP contribution in [-0.2, 0) is 25.6 Å². The number of carbonyl (C=O) groups excluding carboxylic acids is 2. The lowest BCUT2D eigenvalue weighted by Gasteiger charge is -2.00. The summed E-state index contributed by atoms with van der Waals surface area (Å²) in [4.78, 5) is 34.6. The minimum absolute atomic E-state index is 0.293. The molecule has 8 nitrogen and oxygen atoms in total. The molecule has 0 unspecified atom stereocenters. The van der Waals surface area contributed by atoms with Gasteiger partial charge in [0.15, 0.2) is 0 Å². The molecule has 2 bridgehead atoms. The van der Waals surface area contributed by atoms with Crippen LogP contribution in [-0.4, -0.2) is 22.6 Å². The predicted molar refractivity (Wildman–Crippen MR) is 134 cm³/mol. The largest absolute Gasteiger partial charge is 0.464 e. The number of rotatable bonds is 0. The molecule has 3 heterocycles. The molecule has 1 aromatic heterocycles. The van der Waals surface area contributed by atoms with Crippen LogP contribution in [0.2, 0.25) is 0 Å². The van der Waals surface area contributed by atoms with Gasteiger partial charge in [0.1, 0.15) is 24.0 Å². The number of imide groups is 1. The molecule has 0 radical (unpaired) electrons. The number of hydrogen-bond acceptors (Lipinski definition) is 6. The fourth-order valence-electron chi connectivity index (χ4n) is 4.24. The van der Waals surface area contributed by atoms with Gasteiger partial charge >= 0.3 is 0 Å². The van der Waals surface area contributed by atoms with E-state index in [-0.39, 0.29) is 0 Å². The number of aliphatic imine (C=N–C) groups is 1. The average Bonchev–Trinajstić information content (AvgIpc) is 3.45. The van der Waals surface area contributed by atoms with Gasteiger partial charge in [0, 0.05) is 34.1 Å². The summed E-state index contributed by atoms with van der Waals surface area (Å²) in [5, 5.41) is 4.65. The van der Waals surface area contributed by atoms with Gasteiger partial charge < -0.3 is 14.0 Å². The van der Waals surface area contributed by atoms with E-state index >= 15 is 0 Å². The number of allylic oxidation sites excluding steroid dienone is 2. The number of amides is 2. The van der Waals surface area contributed by atoms with E-state index in [9.17, 15) is 9.59 Å². The second kappa shape index (κ2) is 8.99. The smallest absolute Gasteiger partial charge is 0.259 e. The van der Waals surface area contributed by atoms with Crippen molar-refractivity contribution >= 4 is 40.6 Å². The fourth-order valence-corrected chi connectivity index (χ4v) is 4.24. The van der Waals surface area contributed by atoms with Gasteiger partial charge in [0.2, 0.25) is 0 Å². The normalized spacial score (nSPS) is 21.9. The van der Waals surface area contributed by atoms with Crippen LogP contribution in [0.1, 0.15) is 12.0 Å². The first-order valence-corrected chi connectivity index (χ1v) is 11.4. The van der Waals surface area contributed by atoms with E-state index in [1.165, 1.54) is 18.7 Å². The lowest BCUT2D eigenvalue weighted by molar-refractivity contribution is -0.123. The number of hydrogen-bond donors (Lipinski definition) is 1. The zero-order valence-corrected chi connectivity index (χ0v) is 19.0. The molecule has 0 saturated carbocycles. The van der Waals surface area contributed by atoms with Crippen molar-refractivity contribution in [3.8, 4) is 0 Å². The zero-order valence-electron chi connectivity index (χ0n) is 19.0. The van der Waals surface area contributed by atoms with E-state index in [4.69, 9.17) is 9.47 Å². The molecular weight excluding hydrogens is 456 g/mol. The van der Waals surface area contributed by atoms with Crippen molar-refractivity contribution in [1.29, 1.82) is 0 Å². The number of fused-ring (bicyclic) bond motifs is 7. The van der Waals surface area contributed by atoms with Crippen LogP contribution in [0.4, 0.5) is 0 Å². The number of carbonyl (C=O) groups is 2. The number of nitrogens with one attached hydrogen (secondary N) is 1. The highest BCUT2D eigenvalue weighted by atomic mass is 16.5. The molecular formula is C28H20N4O4. The molecule has 2 aromatic carbocycles. The van der Waals surface area contributed by atoms with Crippen LogP contribution < -0.4 is 15.9 Å². The molecule has 0 fully saturated rings. The Morgan fingerprint density at radius 2 is 1.67 bits per heavy atom. The van der Waals surface area contributed by atoms with Crippen molar-refractivity contribution in [2.75, 3.05) is 0 Å². The molecule has 3 aromatic rings. The Kier molecular flexibility index (Phi) is 5.38. The van der Waals surface area contributed by atoms with Crippen molar-refractivity contribution in [3.05, 3.63) is 113 Å². The van der Waals surface area contributed by atoms with Crippen molar-refractivity contribution in [2.24, 2.45) is 9.98 Å². The quantitative estimate of drug-likeness (QED) is 0.505. The number of benzene rings is 2. The zero-order chi connectivity index (χ0) is 24.5. The molecule has 0 saturated heterocycles. The Morgan fingerprint density at radius 1 is 0.889 bits per heavy atom. The highest BCUT2D eigenvalue weighted by Crippen LogP contribution is 2.33. The van der Waals surface area contributed by atoms with Gasteiger partial charge in [-0.3, -0.25) is 24.9 Å². The van der Waals surface area contributed by atoms with Gasteiger partial charge in [-0.2, -0.15) is 0 Å². The standard InChI is InChI=1S/C28H20N4O4/c33-27-20-15-18-5-1-3-7-22(18)30-11-14-36-25-16-24(25)35-13-10-29-9-12-32-17-21(26(20)28(34)31-27)19-6-2-4-8-23(19)32/h1-11,13-15,17H,12,16H2,(H,31,33,34)/b13-10+,14-11-,18-15+,29-9-,30-22+. The van der Waals surface area contributed by atoms with E-state index in [2.05, 4.69) is 15.3 Å². The summed E-state index contributed by atoms with van der Waals surface area (Å²) in [6.45, 7) is 0.469. The summed E-state index contributed by atoms with van der Waals surface area (Å²) < 4.78 is 13.1. The summed E-state index contributed by atoms with van der Waals surface area (Å²) in [5.41, 5.74) is 2.23. The van der Waals surface area contributed by atoms with Crippen molar-refractivity contribution in [2.45, 2.75) is 13.0 Å². The van der Waals surface area contributed by atoms with Crippen molar-refractivity contribution in [3.63, 3.8) is 0 Å². The first-order chi connectivity index (χ1) is 17.7. The molecule has 6 rings (SSSR count). The molecule has 3 aliphatic rings. The van der Waals surface area contributed by atoms with Crippen LogP contribution in [0.25, 0.3) is 22.6 Å². The second-order valence-corrected chi connectivity index (χ2v) is 8.28. The average molecular weight is 476 g/mol. The Bertz CT molecular complexity index is 1700. The monoisotopic (exact) mass is 476 g/mol. The van der Waals surface area contributed by atoms with Gasteiger partial charge in [-0.15, -0.1) is 0 Å². The highest BCUT2D eigenvalue weighted by molar-refractivity contribution is 6.40. The third-order valence-electron chi connectivity index (χ3n) is 6.00. The third-order valence-corrected chi connectivity index (χ3v) is 6.00. The first-order valence-electron chi connectivity index (χ1n) is 11.4. The summed E-state index contributed by atoms with van der Waals surface area (Å²) in [6.07, 6.45) is 12.0. The lowest BCUT2D eigenvalue weighted by atomic mass is 10.00. The number of aromatic nitrogens is 1. The fraction of sp³-hybridized carbons (Fsp3) is 0.0714. The molecule has 0 atom stereocenters. The molecule has 0 spiro atoms. The van der Waals surface area contributed by atoms with E-state index < -0.39 is 11.8 Å². The van der Waals surface area contributed by atoms with E-state index in [1.54, 1.807) is 18.5 Å². The summed E-state index contributed by atoms with van der Waals surface area (Å²) in [7, 11) is 0. The van der Waals surface area contributed by atoms with Crippen LogP contribution in [0.5, 0.6) is 0 Å². The number of nitrogens with zero attached hydrogens (tertiary/aromatic N) is 3. The van der Waals surface area contributed by atoms with Crippen molar-refractivity contribution < 1.29 is 19.1 Å². The summed E-state index contributed by atoms with van der Waals surface area (Å²) >= 11 is 0. The maximum absolute atomic E-state index is 13.0. The van der Waals surface area contributed by atoms with Crippen LogP contribution in [0.15, 0.2) is 107 Å². The minimum atomic E-state index is -0.442. The Morgan fingerprint density at radius 3 is 2.56 bits per heavy atom. The number of para-hydroxylation sites is 2. The van der Waals surface area contributed by atoms with Gasteiger partial charge in [0.05, 0.1) is 41.9 Å². The van der Waals surface area contributed by atoms with E-state index in [0.717, 1.165) is 22.4 Å². The Labute approximate surface area is 205 Å². The predicted octanol–water partition coefficient (Wildman–Crippen LogP) is 2.83. The SMILES string of the molecule is O=C1NC(=O)C2=C1\C=c1/cccc/c1=N\C=C/OC1=C(C1)O/C=C/N=C\Cn1cc2c2ccccc21. The highest BCUT2D eigenvalue weighted by Gasteiger charge is 2.31. The second-order valence-electron chi connectivity index (χ2n) is 8.28. The van der Waals surface area contributed by atoms with Gasteiger partial charge in [0.25, 0.3) is 11.8 Å². The first kappa shape index (κ1) is 21.5. The summed E-state index contributed by atoms with van der Waals surface area (Å²) in [6, 6.07) is 15.2. The lowest BCUT2D eigenvalue weighted by Crippen LogP contribution is -2.26. The van der Waals surface area contributed by atoms with Gasteiger partial charge in [-0.1, -0.05) is 36.4 Å². The third kappa shape index (κ3) is 4.05. The minimum Gasteiger partial charge on any atom is -0.464 e. The van der Waals surface area contributed by atoms with Crippen molar-refractivity contribution in [1.82, 2.24) is 9.88 Å². The van der Waals surface area contributed by atoms with Crippen LogP contribution in [0.3, 0.4) is 0 Å². The molecule has 2 amide bonds. The number of ether oxygens (including phenoxy) is 2.